The maximum absolute atomic E-state index is 11.6. The van der Waals surface area contributed by atoms with E-state index in [9.17, 15) is 4.79 Å². The first-order chi connectivity index (χ1) is 7.22. The minimum atomic E-state index is -0.0113. The Labute approximate surface area is 90.5 Å². The van der Waals surface area contributed by atoms with Crippen LogP contribution >= 0.6 is 0 Å². The molecule has 2 nitrogen and oxygen atoms in total. The van der Waals surface area contributed by atoms with Crippen molar-refractivity contribution in [3.05, 3.63) is 35.4 Å². The number of carbonyl (C=O) groups is 1. The first-order valence-corrected chi connectivity index (χ1v) is 5.25. The molecule has 0 aromatic heterocycles. The third-order valence-corrected chi connectivity index (χ3v) is 2.59. The Morgan fingerprint density at radius 2 is 1.93 bits per heavy atom. The number of Topliss-reactive ketones (excluding diaryl/α,β-unsaturated/α-hetero) is 1. The molecular weight excluding hydrogens is 186 g/mol. The van der Waals surface area contributed by atoms with Crippen molar-refractivity contribution in [3.8, 4) is 6.07 Å². The number of hydrogen-bond donors (Lipinski definition) is 0. The zero-order valence-electron chi connectivity index (χ0n) is 9.16. The lowest BCUT2D eigenvalue weighted by Gasteiger charge is -2.12. The molecule has 78 valence electrons. The van der Waals surface area contributed by atoms with E-state index in [4.69, 9.17) is 5.26 Å². The lowest BCUT2D eigenvalue weighted by Crippen LogP contribution is -2.10. The predicted octanol–water partition coefficient (Wildman–Crippen LogP) is 3.03. The van der Waals surface area contributed by atoms with Crippen molar-refractivity contribution in [1.82, 2.24) is 0 Å². The molecule has 1 aromatic carbocycles. The predicted molar refractivity (Wildman–Crippen MR) is 59.5 cm³/mol. The third-order valence-electron chi connectivity index (χ3n) is 2.59. The van der Waals surface area contributed by atoms with Crippen molar-refractivity contribution in [3.63, 3.8) is 0 Å². The van der Waals surface area contributed by atoms with Gasteiger partial charge in [-0.25, -0.2) is 0 Å². The second-order valence-electron chi connectivity index (χ2n) is 3.51. The Morgan fingerprint density at radius 3 is 2.33 bits per heavy atom. The first kappa shape index (κ1) is 11.5. The molecule has 0 N–H and O–H groups in total. The molecule has 0 amide bonds. The van der Waals surface area contributed by atoms with E-state index >= 15 is 0 Å². The fourth-order valence-electron chi connectivity index (χ4n) is 1.69. The Hall–Kier alpha value is -1.62. The van der Waals surface area contributed by atoms with Gasteiger partial charge in [0.25, 0.3) is 0 Å². The number of hydrogen-bond acceptors (Lipinski definition) is 2. The Balaban J connectivity index is 2.94. The summed E-state index contributed by atoms with van der Waals surface area (Å²) in [6, 6.07) is 9.35. The van der Waals surface area contributed by atoms with Gasteiger partial charge in [0.05, 0.1) is 11.6 Å². The molecule has 0 heterocycles. The maximum Gasteiger partial charge on any atom is 0.140 e. The standard InChI is InChI=1S/C13H15NO/c1-3-12(13(15)4-2)11-7-5-10(9-14)6-8-11/h5-8,12H,3-4H2,1-2H3. The van der Waals surface area contributed by atoms with Gasteiger partial charge in [0.15, 0.2) is 0 Å². The molecule has 1 aromatic rings. The zero-order valence-corrected chi connectivity index (χ0v) is 9.16. The summed E-state index contributed by atoms with van der Waals surface area (Å²) in [4.78, 5) is 11.6. The topological polar surface area (TPSA) is 40.9 Å². The van der Waals surface area contributed by atoms with Crippen molar-refractivity contribution in [2.24, 2.45) is 0 Å². The molecule has 1 atom stereocenters. The van der Waals surface area contributed by atoms with E-state index in [2.05, 4.69) is 6.07 Å². The van der Waals surface area contributed by atoms with Crippen molar-refractivity contribution in [1.29, 1.82) is 5.26 Å². The molecule has 0 saturated carbocycles. The Bertz CT molecular complexity index is 373. The molecule has 0 radical (unpaired) electrons. The van der Waals surface area contributed by atoms with Crippen molar-refractivity contribution in [2.75, 3.05) is 0 Å². The molecule has 0 aliphatic rings. The van der Waals surface area contributed by atoms with Crippen LogP contribution in [0.5, 0.6) is 0 Å². The van der Waals surface area contributed by atoms with Gasteiger partial charge in [-0.1, -0.05) is 26.0 Å². The van der Waals surface area contributed by atoms with E-state index in [-0.39, 0.29) is 11.7 Å². The van der Waals surface area contributed by atoms with Crippen LogP contribution in [0.3, 0.4) is 0 Å². The van der Waals surface area contributed by atoms with Crippen LogP contribution in [0.15, 0.2) is 24.3 Å². The molecule has 2 heteroatoms. The van der Waals surface area contributed by atoms with E-state index in [1.807, 2.05) is 26.0 Å². The number of rotatable bonds is 4. The smallest absolute Gasteiger partial charge is 0.140 e. The van der Waals surface area contributed by atoms with Crippen molar-refractivity contribution >= 4 is 5.78 Å². The molecular formula is C13H15NO. The molecule has 0 spiro atoms. The highest BCUT2D eigenvalue weighted by molar-refractivity contribution is 5.85. The highest BCUT2D eigenvalue weighted by atomic mass is 16.1. The normalized spacial score (nSPS) is 11.8. The summed E-state index contributed by atoms with van der Waals surface area (Å²) in [7, 11) is 0. The van der Waals surface area contributed by atoms with Crippen LogP contribution in [0.2, 0.25) is 0 Å². The van der Waals surface area contributed by atoms with Crippen LogP contribution in [0.4, 0.5) is 0 Å². The van der Waals surface area contributed by atoms with Crippen LogP contribution in [0, 0.1) is 11.3 Å². The summed E-state index contributed by atoms with van der Waals surface area (Å²) in [5, 5.41) is 8.66. The largest absolute Gasteiger partial charge is 0.299 e. The van der Waals surface area contributed by atoms with Gasteiger partial charge in [-0.3, -0.25) is 4.79 Å². The summed E-state index contributed by atoms with van der Waals surface area (Å²) in [5.41, 5.74) is 1.65. The summed E-state index contributed by atoms with van der Waals surface area (Å²) >= 11 is 0. The van der Waals surface area contributed by atoms with Gasteiger partial charge in [0.1, 0.15) is 5.78 Å². The van der Waals surface area contributed by atoms with Gasteiger partial charge in [-0.2, -0.15) is 5.26 Å². The monoisotopic (exact) mass is 201 g/mol. The quantitative estimate of drug-likeness (QED) is 0.751. The molecule has 0 bridgehead atoms. The summed E-state index contributed by atoms with van der Waals surface area (Å²) in [5.74, 6) is 0.255. The van der Waals surface area contributed by atoms with E-state index < -0.39 is 0 Å². The van der Waals surface area contributed by atoms with Crippen LogP contribution in [0.25, 0.3) is 0 Å². The molecule has 0 fully saturated rings. The lowest BCUT2D eigenvalue weighted by molar-refractivity contribution is -0.120. The van der Waals surface area contributed by atoms with Gasteiger partial charge in [0, 0.05) is 12.3 Å². The second kappa shape index (κ2) is 5.31. The minimum Gasteiger partial charge on any atom is -0.299 e. The van der Waals surface area contributed by atoms with E-state index in [0.717, 1.165) is 12.0 Å². The van der Waals surface area contributed by atoms with Gasteiger partial charge in [-0.15, -0.1) is 0 Å². The van der Waals surface area contributed by atoms with Gasteiger partial charge >= 0.3 is 0 Å². The number of nitriles is 1. The highest BCUT2D eigenvalue weighted by Gasteiger charge is 2.16. The summed E-state index contributed by atoms with van der Waals surface area (Å²) in [6.45, 7) is 3.89. The average Bonchev–Trinajstić information content (AvgIpc) is 2.30. The van der Waals surface area contributed by atoms with Gasteiger partial charge in [-0.05, 0) is 24.1 Å². The zero-order chi connectivity index (χ0) is 11.3. The highest BCUT2D eigenvalue weighted by Crippen LogP contribution is 2.22. The fourth-order valence-corrected chi connectivity index (χ4v) is 1.69. The fraction of sp³-hybridized carbons (Fsp3) is 0.385. The Morgan fingerprint density at radius 1 is 1.33 bits per heavy atom. The molecule has 15 heavy (non-hydrogen) atoms. The van der Waals surface area contributed by atoms with E-state index in [1.165, 1.54) is 0 Å². The molecule has 0 aliphatic heterocycles. The molecule has 1 unspecified atom stereocenters. The van der Waals surface area contributed by atoms with Crippen LogP contribution in [0.1, 0.15) is 43.7 Å². The number of carbonyl (C=O) groups excluding carboxylic acids is 1. The van der Waals surface area contributed by atoms with Gasteiger partial charge < -0.3 is 0 Å². The van der Waals surface area contributed by atoms with Gasteiger partial charge in [0.2, 0.25) is 0 Å². The molecule has 0 saturated heterocycles. The molecule has 1 rings (SSSR count). The number of ketones is 1. The lowest BCUT2D eigenvalue weighted by atomic mass is 9.90. The van der Waals surface area contributed by atoms with Crippen LogP contribution < -0.4 is 0 Å². The second-order valence-corrected chi connectivity index (χ2v) is 3.51. The third kappa shape index (κ3) is 2.66. The minimum absolute atomic E-state index is 0.0113. The molecule has 0 aliphatic carbocycles. The SMILES string of the molecule is CCC(=O)C(CC)c1ccc(C#N)cc1. The first-order valence-electron chi connectivity index (χ1n) is 5.25. The number of benzene rings is 1. The van der Waals surface area contributed by atoms with E-state index in [0.29, 0.717) is 12.0 Å². The average molecular weight is 201 g/mol. The summed E-state index contributed by atoms with van der Waals surface area (Å²) in [6.07, 6.45) is 1.39. The number of nitrogens with zero attached hydrogens (tertiary/aromatic N) is 1. The summed E-state index contributed by atoms with van der Waals surface area (Å²) < 4.78 is 0. The van der Waals surface area contributed by atoms with Crippen LogP contribution in [-0.2, 0) is 4.79 Å². The van der Waals surface area contributed by atoms with Crippen LogP contribution in [-0.4, -0.2) is 5.78 Å². The van der Waals surface area contributed by atoms with Crippen molar-refractivity contribution in [2.45, 2.75) is 32.6 Å². The maximum atomic E-state index is 11.6. The van der Waals surface area contributed by atoms with E-state index in [1.54, 1.807) is 12.1 Å². The Kier molecular flexibility index (Phi) is 4.05. The van der Waals surface area contributed by atoms with Crippen molar-refractivity contribution < 1.29 is 4.79 Å².